The highest BCUT2D eigenvalue weighted by molar-refractivity contribution is 5.66. The molecule has 0 aliphatic carbocycles. The van der Waals surface area contributed by atoms with Crippen molar-refractivity contribution in [3.63, 3.8) is 0 Å². The number of aliphatic hydroxyl groups is 2. The molecule has 116 valence electrons. The fourth-order valence-electron chi connectivity index (χ4n) is 1.83. The molecule has 2 unspecified atom stereocenters. The number of hydrogen-bond acceptors (Lipinski definition) is 3. The molecule has 20 heavy (non-hydrogen) atoms. The first-order valence-electron chi connectivity index (χ1n) is 7.45. The molecule has 3 N–H and O–H groups in total. The van der Waals surface area contributed by atoms with E-state index in [0.717, 1.165) is 25.7 Å². The second kappa shape index (κ2) is 12.9. The standard InChI is InChI=1S/C16H28O4/c1-2-3-4-5-6-8-11-14(17)15(18)12-9-7-10-13-16(19)20/h3-4,6,8,14-15,17-18H,2,5,7,9-13H2,1H3,(H,19,20)/b4-3-,8-6-. The Balaban J connectivity index is 3.62. The fraction of sp³-hybridized carbons (Fsp3) is 0.688. The molecule has 0 aromatic carbocycles. The lowest BCUT2D eigenvalue weighted by molar-refractivity contribution is -0.137. The maximum atomic E-state index is 10.3. The Bertz CT molecular complexity index is 297. The molecule has 0 fully saturated rings. The highest BCUT2D eigenvalue weighted by Gasteiger charge is 2.13. The third-order valence-electron chi connectivity index (χ3n) is 3.05. The van der Waals surface area contributed by atoms with Crippen LogP contribution in [0.2, 0.25) is 0 Å². The van der Waals surface area contributed by atoms with E-state index in [1.165, 1.54) is 0 Å². The maximum absolute atomic E-state index is 10.3. The summed E-state index contributed by atoms with van der Waals surface area (Å²) < 4.78 is 0. The average Bonchev–Trinajstić information content (AvgIpc) is 2.41. The molecule has 0 amide bonds. The first kappa shape index (κ1) is 18.9. The van der Waals surface area contributed by atoms with Crippen molar-refractivity contribution in [3.8, 4) is 0 Å². The van der Waals surface area contributed by atoms with Gasteiger partial charge in [0.25, 0.3) is 0 Å². The van der Waals surface area contributed by atoms with E-state index in [-0.39, 0.29) is 6.42 Å². The molecule has 0 aliphatic heterocycles. The van der Waals surface area contributed by atoms with Gasteiger partial charge in [0.1, 0.15) is 0 Å². The molecule has 0 saturated carbocycles. The van der Waals surface area contributed by atoms with E-state index in [1.54, 1.807) is 0 Å². The fourth-order valence-corrected chi connectivity index (χ4v) is 1.83. The van der Waals surface area contributed by atoms with Crippen LogP contribution >= 0.6 is 0 Å². The van der Waals surface area contributed by atoms with Crippen molar-refractivity contribution < 1.29 is 20.1 Å². The van der Waals surface area contributed by atoms with Gasteiger partial charge in [-0.05, 0) is 32.1 Å². The van der Waals surface area contributed by atoms with E-state index in [4.69, 9.17) is 5.11 Å². The first-order chi connectivity index (χ1) is 9.57. The number of carboxylic acid groups (broad SMARTS) is 1. The average molecular weight is 284 g/mol. The second-order valence-corrected chi connectivity index (χ2v) is 4.95. The van der Waals surface area contributed by atoms with Crippen molar-refractivity contribution in [1.29, 1.82) is 0 Å². The van der Waals surface area contributed by atoms with Crippen LogP contribution < -0.4 is 0 Å². The first-order valence-corrected chi connectivity index (χ1v) is 7.45. The monoisotopic (exact) mass is 284 g/mol. The molecule has 0 aliphatic rings. The topological polar surface area (TPSA) is 77.8 Å². The van der Waals surface area contributed by atoms with Crippen LogP contribution in [0.4, 0.5) is 0 Å². The zero-order valence-corrected chi connectivity index (χ0v) is 12.4. The van der Waals surface area contributed by atoms with Crippen molar-refractivity contribution in [2.45, 2.75) is 70.5 Å². The van der Waals surface area contributed by atoms with E-state index in [1.807, 2.05) is 12.2 Å². The molecular weight excluding hydrogens is 256 g/mol. The summed E-state index contributed by atoms with van der Waals surface area (Å²) in [6.07, 6.45) is 11.7. The van der Waals surface area contributed by atoms with Gasteiger partial charge in [-0.2, -0.15) is 0 Å². The maximum Gasteiger partial charge on any atom is 0.303 e. The summed E-state index contributed by atoms with van der Waals surface area (Å²) in [6.45, 7) is 2.08. The van der Waals surface area contributed by atoms with Gasteiger partial charge in [0.05, 0.1) is 12.2 Å². The van der Waals surface area contributed by atoms with Crippen LogP contribution in [-0.2, 0) is 4.79 Å². The summed E-state index contributed by atoms with van der Waals surface area (Å²) in [6, 6.07) is 0. The highest BCUT2D eigenvalue weighted by atomic mass is 16.4. The summed E-state index contributed by atoms with van der Waals surface area (Å²) in [7, 11) is 0. The van der Waals surface area contributed by atoms with E-state index >= 15 is 0 Å². The Kier molecular flexibility index (Phi) is 12.2. The molecule has 4 heteroatoms. The summed E-state index contributed by atoms with van der Waals surface area (Å²) in [5, 5.41) is 28.0. The number of carboxylic acids is 1. The van der Waals surface area contributed by atoms with Gasteiger partial charge in [0.2, 0.25) is 0 Å². The largest absolute Gasteiger partial charge is 0.481 e. The van der Waals surface area contributed by atoms with Crippen molar-refractivity contribution in [3.05, 3.63) is 24.3 Å². The number of hydrogen-bond donors (Lipinski definition) is 3. The molecule has 0 rings (SSSR count). The van der Waals surface area contributed by atoms with Crippen LogP contribution in [0.15, 0.2) is 24.3 Å². The minimum Gasteiger partial charge on any atom is -0.481 e. The molecule has 0 radical (unpaired) electrons. The lowest BCUT2D eigenvalue weighted by Gasteiger charge is -2.15. The number of aliphatic carboxylic acids is 1. The third-order valence-corrected chi connectivity index (χ3v) is 3.05. The molecule has 0 bridgehead atoms. The van der Waals surface area contributed by atoms with Gasteiger partial charge in [-0.1, -0.05) is 44.1 Å². The van der Waals surface area contributed by atoms with Crippen LogP contribution in [0.25, 0.3) is 0 Å². The van der Waals surface area contributed by atoms with Crippen LogP contribution in [0.1, 0.15) is 58.3 Å². The third kappa shape index (κ3) is 11.9. The Morgan fingerprint density at radius 3 is 2.35 bits per heavy atom. The summed E-state index contributed by atoms with van der Waals surface area (Å²) in [5.41, 5.74) is 0. The molecule has 0 spiro atoms. The zero-order valence-electron chi connectivity index (χ0n) is 12.4. The minimum absolute atomic E-state index is 0.173. The lowest BCUT2D eigenvalue weighted by atomic mass is 10.0. The minimum atomic E-state index is -0.784. The van der Waals surface area contributed by atoms with Gasteiger partial charge >= 0.3 is 5.97 Å². The van der Waals surface area contributed by atoms with Gasteiger partial charge in [-0.25, -0.2) is 0 Å². The number of aliphatic hydroxyl groups excluding tert-OH is 2. The molecule has 2 atom stereocenters. The number of unbranched alkanes of at least 4 members (excludes halogenated alkanes) is 2. The molecule has 0 aromatic heterocycles. The molecule has 4 nitrogen and oxygen atoms in total. The van der Waals surface area contributed by atoms with Gasteiger partial charge < -0.3 is 15.3 Å². The van der Waals surface area contributed by atoms with Gasteiger partial charge in [-0.3, -0.25) is 4.79 Å². The second-order valence-electron chi connectivity index (χ2n) is 4.95. The van der Waals surface area contributed by atoms with Gasteiger partial charge in [0.15, 0.2) is 0 Å². The SMILES string of the molecule is CC/C=C\C/C=C\CC(O)C(O)CCCCCC(=O)O. The van der Waals surface area contributed by atoms with E-state index in [2.05, 4.69) is 19.1 Å². The Labute approximate surface area is 121 Å². The summed E-state index contributed by atoms with van der Waals surface area (Å²) in [5.74, 6) is -0.784. The predicted molar refractivity (Wildman–Crippen MR) is 80.5 cm³/mol. The van der Waals surface area contributed by atoms with Crippen molar-refractivity contribution >= 4 is 5.97 Å². The normalized spacial score (nSPS) is 14.9. The molecule has 0 aromatic rings. The quantitative estimate of drug-likeness (QED) is 0.380. The Morgan fingerprint density at radius 1 is 1.00 bits per heavy atom. The van der Waals surface area contributed by atoms with E-state index in [0.29, 0.717) is 19.3 Å². The van der Waals surface area contributed by atoms with Gasteiger partial charge in [0, 0.05) is 6.42 Å². The van der Waals surface area contributed by atoms with E-state index in [9.17, 15) is 15.0 Å². The van der Waals surface area contributed by atoms with Crippen molar-refractivity contribution in [2.24, 2.45) is 0 Å². The van der Waals surface area contributed by atoms with Crippen LogP contribution in [0, 0.1) is 0 Å². The number of allylic oxidation sites excluding steroid dienone is 3. The van der Waals surface area contributed by atoms with Crippen LogP contribution in [0.5, 0.6) is 0 Å². The smallest absolute Gasteiger partial charge is 0.303 e. The molecule has 0 heterocycles. The lowest BCUT2D eigenvalue weighted by Crippen LogP contribution is -2.25. The molecular formula is C16H28O4. The van der Waals surface area contributed by atoms with E-state index < -0.39 is 18.2 Å². The summed E-state index contributed by atoms with van der Waals surface area (Å²) in [4.78, 5) is 10.3. The van der Waals surface area contributed by atoms with Crippen molar-refractivity contribution in [2.75, 3.05) is 0 Å². The predicted octanol–water partition coefficient (Wildman–Crippen LogP) is 3.05. The van der Waals surface area contributed by atoms with Gasteiger partial charge in [-0.15, -0.1) is 0 Å². The Morgan fingerprint density at radius 2 is 1.70 bits per heavy atom. The molecule has 0 saturated heterocycles. The Hall–Kier alpha value is -1.13. The highest BCUT2D eigenvalue weighted by Crippen LogP contribution is 2.11. The van der Waals surface area contributed by atoms with Crippen LogP contribution in [-0.4, -0.2) is 33.5 Å². The van der Waals surface area contributed by atoms with Crippen LogP contribution in [0.3, 0.4) is 0 Å². The zero-order chi connectivity index (χ0) is 15.2. The number of rotatable bonds is 12. The summed E-state index contributed by atoms with van der Waals surface area (Å²) >= 11 is 0. The number of carbonyl (C=O) groups is 1. The van der Waals surface area contributed by atoms with Crippen molar-refractivity contribution in [1.82, 2.24) is 0 Å².